The van der Waals surface area contributed by atoms with Crippen LogP contribution in [0.4, 0.5) is 4.79 Å². The van der Waals surface area contributed by atoms with Gasteiger partial charge in [0.2, 0.25) is 17.6 Å². The standard InChI is InChI=1S/C30H49N5O7S/c1-6-15-31-27(39)25(37)22(17-21-10-11-21)33-26(38)24-20(2)12-16-35(24)23(36)18-32-28(40)34-30(13-8-7-9-14-30)19-43(41,42)29(3,4)5/h6,20-22,24H,1,7-19H2,2-5H3,(H,31,39)(H,33,38)(H2,32,34,40). The fourth-order valence-corrected chi connectivity index (χ4v) is 7.39. The van der Waals surface area contributed by atoms with Crippen LogP contribution >= 0.6 is 0 Å². The monoisotopic (exact) mass is 623 g/mol. The van der Waals surface area contributed by atoms with Crippen LogP contribution in [0.15, 0.2) is 12.7 Å². The normalized spacial score (nSPS) is 22.7. The summed E-state index contributed by atoms with van der Waals surface area (Å²) in [5, 5.41) is 10.6. The van der Waals surface area contributed by atoms with Gasteiger partial charge < -0.3 is 26.2 Å². The summed E-state index contributed by atoms with van der Waals surface area (Å²) in [7, 11) is -3.51. The molecule has 1 aliphatic heterocycles. The number of urea groups is 1. The number of hydrogen-bond acceptors (Lipinski definition) is 7. The van der Waals surface area contributed by atoms with Gasteiger partial charge in [-0.3, -0.25) is 19.2 Å². The predicted molar refractivity (Wildman–Crippen MR) is 163 cm³/mol. The summed E-state index contributed by atoms with van der Waals surface area (Å²) < 4.78 is 25.1. The van der Waals surface area contributed by atoms with Gasteiger partial charge in [-0.15, -0.1) is 6.58 Å². The third-order valence-corrected chi connectivity index (χ3v) is 11.6. The maximum absolute atomic E-state index is 13.4. The van der Waals surface area contributed by atoms with E-state index in [0.29, 0.717) is 32.2 Å². The van der Waals surface area contributed by atoms with Crippen LogP contribution in [-0.2, 0) is 29.0 Å². The lowest BCUT2D eigenvalue weighted by Gasteiger charge is -2.39. The third kappa shape index (κ3) is 9.26. The SMILES string of the molecule is C=CCNC(=O)C(=O)C(CC1CC1)NC(=O)C1C(C)CCN1C(=O)CNC(=O)NC1(CS(=O)(=O)C(C)(C)C)CCCCC1. The zero-order valence-corrected chi connectivity index (χ0v) is 26.8. The Bertz CT molecular complexity index is 1190. The van der Waals surface area contributed by atoms with Crippen LogP contribution in [-0.4, -0.2) is 90.6 Å². The van der Waals surface area contributed by atoms with E-state index in [-0.39, 0.29) is 30.7 Å². The van der Waals surface area contributed by atoms with E-state index in [1.54, 1.807) is 20.8 Å². The number of nitrogens with one attached hydrogen (secondary N) is 4. The van der Waals surface area contributed by atoms with Gasteiger partial charge in [-0.2, -0.15) is 0 Å². The topological polar surface area (TPSA) is 171 Å². The summed E-state index contributed by atoms with van der Waals surface area (Å²) in [6.45, 7) is 10.3. The molecule has 1 saturated heterocycles. The zero-order chi connectivity index (χ0) is 32.0. The molecule has 3 atom stereocenters. The number of hydrogen-bond donors (Lipinski definition) is 4. The van der Waals surface area contributed by atoms with Crippen molar-refractivity contribution < 1.29 is 32.4 Å². The molecular weight excluding hydrogens is 574 g/mol. The molecule has 3 aliphatic rings. The van der Waals surface area contributed by atoms with Crippen LogP contribution in [0.25, 0.3) is 0 Å². The van der Waals surface area contributed by atoms with Crippen molar-refractivity contribution in [1.82, 2.24) is 26.2 Å². The molecule has 0 aromatic rings. The Hall–Kier alpha value is -2.96. The molecule has 3 fully saturated rings. The van der Waals surface area contributed by atoms with Gasteiger partial charge in [0.1, 0.15) is 6.04 Å². The largest absolute Gasteiger partial charge is 0.346 e. The van der Waals surface area contributed by atoms with Crippen LogP contribution in [0.3, 0.4) is 0 Å². The molecule has 0 spiro atoms. The van der Waals surface area contributed by atoms with Gasteiger partial charge in [0, 0.05) is 13.1 Å². The second kappa shape index (κ2) is 14.2. The van der Waals surface area contributed by atoms with Gasteiger partial charge in [-0.25, -0.2) is 13.2 Å². The van der Waals surface area contributed by atoms with Crippen molar-refractivity contribution in [2.45, 2.75) is 108 Å². The lowest BCUT2D eigenvalue weighted by Crippen LogP contribution is -2.59. The van der Waals surface area contributed by atoms with Gasteiger partial charge in [0.15, 0.2) is 9.84 Å². The Morgan fingerprint density at radius 3 is 2.26 bits per heavy atom. The molecule has 5 amide bonds. The summed E-state index contributed by atoms with van der Waals surface area (Å²) in [6.07, 6.45) is 7.83. The molecule has 0 radical (unpaired) electrons. The number of sulfone groups is 1. The van der Waals surface area contributed by atoms with Crippen molar-refractivity contribution in [2.24, 2.45) is 11.8 Å². The average Bonchev–Trinajstić information content (AvgIpc) is 3.66. The molecule has 43 heavy (non-hydrogen) atoms. The van der Waals surface area contributed by atoms with E-state index in [2.05, 4.69) is 27.8 Å². The first-order valence-corrected chi connectivity index (χ1v) is 17.1. The van der Waals surface area contributed by atoms with Gasteiger partial charge in [0.25, 0.3) is 5.91 Å². The highest BCUT2D eigenvalue weighted by Gasteiger charge is 2.44. The highest BCUT2D eigenvalue weighted by molar-refractivity contribution is 7.92. The van der Waals surface area contributed by atoms with E-state index < -0.39 is 61.7 Å². The molecule has 4 N–H and O–H groups in total. The van der Waals surface area contributed by atoms with E-state index in [0.717, 1.165) is 32.1 Å². The van der Waals surface area contributed by atoms with Crippen molar-refractivity contribution in [3.8, 4) is 0 Å². The number of ketones is 1. The predicted octanol–water partition coefficient (Wildman–Crippen LogP) is 1.60. The smallest absolute Gasteiger partial charge is 0.315 e. The zero-order valence-electron chi connectivity index (χ0n) is 26.0. The molecule has 12 nitrogen and oxygen atoms in total. The molecule has 1 heterocycles. The van der Waals surface area contributed by atoms with Gasteiger partial charge in [0.05, 0.1) is 28.6 Å². The Morgan fingerprint density at radius 1 is 1.02 bits per heavy atom. The third-order valence-electron chi connectivity index (χ3n) is 8.81. The lowest BCUT2D eigenvalue weighted by molar-refractivity contribution is -0.142. The first kappa shape index (κ1) is 34.5. The first-order chi connectivity index (χ1) is 20.1. The van der Waals surface area contributed by atoms with E-state index in [4.69, 9.17) is 0 Å². The number of likely N-dealkylation sites (tertiary alicyclic amines) is 1. The summed E-state index contributed by atoms with van der Waals surface area (Å²) in [4.78, 5) is 66.2. The quantitative estimate of drug-likeness (QED) is 0.178. The number of rotatable bonds is 13. The van der Waals surface area contributed by atoms with Crippen molar-refractivity contribution in [1.29, 1.82) is 0 Å². The van der Waals surface area contributed by atoms with Crippen LogP contribution in [0.5, 0.6) is 0 Å². The van der Waals surface area contributed by atoms with E-state index in [1.165, 1.54) is 11.0 Å². The van der Waals surface area contributed by atoms with E-state index >= 15 is 0 Å². The fourth-order valence-electron chi connectivity index (χ4n) is 5.87. The molecule has 242 valence electrons. The van der Waals surface area contributed by atoms with Crippen LogP contribution in [0.2, 0.25) is 0 Å². The van der Waals surface area contributed by atoms with Crippen molar-refractivity contribution in [3.05, 3.63) is 12.7 Å². The van der Waals surface area contributed by atoms with E-state index in [1.807, 2.05) is 6.92 Å². The minimum Gasteiger partial charge on any atom is -0.346 e. The van der Waals surface area contributed by atoms with Crippen LogP contribution < -0.4 is 21.3 Å². The minimum atomic E-state index is -3.51. The van der Waals surface area contributed by atoms with E-state index in [9.17, 15) is 32.4 Å². The molecule has 0 aromatic carbocycles. The van der Waals surface area contributed by atoms with Crippen LogP contribution in [0, 0.1) is 11.8 Å². The lowest BCUT2D eigenvalue weighted by atomic mass is 9.83. The van der Waals surface area contributed by atoms with Crippen molar-refractivity contribution >= 4 is 39.4 Å². The summed E-state index contributed by atoms with van der Waals surface area (Å²) in [5.74, 6) is -2.61. The molecule has 2 aliphatic carbocycles. The van der Waals surface area contributed by atoms with Crippen molar-refractivity contribution in [3.63, 3.8) is 0 Å². The maximum Gasteiger partial charge on any atom is 0.315 e. The fraction of sp³-hybridized carbons (Fsp3) is 0.767. The molecule has 3 rings (SSSR count). The van der Waals surface area contributed by atoms with Gasteiger partial charge in [-0.1, -0.05) is 45.1 Å². The molecular formula is C30H49N5O7S. The number of Topliss-reactive ketones (excluding diaryl/α,β-unsaturated/α-hetero) is 1. The molecule has 0 aromatic heterocycles. The number of amides is 5. The number of nitrogens with zero attached hydrogens (tertiary/aromatic N) is 1. The number of carbonyl (C=O) groups excluding carboxylic acids is 5. The summed E-state index contributed by atoms with van der Waals surface area (Å²) >= 11 is 0. The second-order valence-corrected chi connectivity index (χ2v) is 16.2. The Morgan fingerprint density at radius 2 is 1.67 bits per heavy atom. The first-order valence-electron chi connectivity index (χ1n) is 15.4. The number of carbonyl (C=O) groups is 5. The summed E-state index contributed by atoms with van der Waals surface area (Å²) in [6, 6.07) is -2.48. The molecule has 2 saturated carbocycles. The molecule has 0 bridgehead atoms. The Kier molecular flexibility index (Phi) is 11.4. The highest BCUT2D eigenvalue weighted by atomic mass is 32.2. The maximum atomic E-state index is 13.4. The minimum absolute atomic E-state index is 0.130. The Balaban J connectivity index is 1.63. The average molecular weight is 624 g/mol. The highest BCUT2D eigenvalue weighted by Crippen LogP contribution is 2.34. The molecule has 3 unspecified atom stereocenters. The summed E-state index contributed by atoms with van der Waals surface area (Å²) in [5.41, 5.74) is -0.914. The van der Waals surface area contributed by atoms with Crippen molar-refractivity contribution in [2.75, 3.05) is 25.4 Å². The second-order valence-electron chi connectivity index (χ2n) is 13.4. The van der Waals surface area contributed by atoms with Gasteiger partial charge in [-0.05, 0) is 58.3 Å². The van der Waals surface area contributed by atoms with Gasteiger partial charge >= 0.3 is 6.03 Å². The van der Waals surface area contributed by atoms with Crippen LogP contribution in [0.1, 0.15) is 85.5 Å². The molecule has 13 heteroatoms. The Labute approximate surface area is 255 Å².